The largest absolute Gasteiger partial charge is 0.416 e. The number of halogens is 3. The maximum Gasteiger partial charge on any atom is 0.416 e. The maximum absolute atomic E-state index is 12.9. The average molecular weight is 420 g/mol. The van der Waals surface area contributed by atoms with Crippen molar-refractivity contribution in [3.05, 3.63) is 102 Å². The summed E-state index contributed by atoms with van der Waals surface area (Å²) in [5, 5.41) is 0. The summed E-state index contributed by atoms with van der Waals surface area (Å²) in [6.07, 6.45) is 1.55. The molecule has 0 N–H and O–H groups in total. The first-order valence-corrected chi connectivity index (χ1v) is 10.1. The minimum absolute atomic E-state index is 0.0473. The lowest BCUT2D eigenvalue weighted by atomic mass is 9.88. The van der Waals surface area contributed by atoms with E-state index in [1.165, 1.54) is 12.1 Å². The highest BCUT2D eigenvalue weighted by molar-refractivity contribution is 5.88. The van der Waals surface area contributed by atoms with Crippen molar-refractivity contribution in [3.8, 4) is 11.4 Å². The van der Waals surface area contributed by atoms with Gasteiger partial charge < -0.3 is 0 Å². The van der Waals surface area contributed by atoms with Gasteiger partial charge in [-0.05, 0) is 34.8 Å². The van der Waals surface area contributed by atoms with Crippen LogP contribution in [0.1, 0.15) is 37.5 Å². The van der Waals surface area contributed by atoms with Gasteiger partial charge in [-0.1, -0.05) is 75.4 Å². The summed E-state index contributed by atoms with van der Waals surface area (Å²) in [6, 6.07) is 19.3. The van der Waals surface area contributed by atoms with E-state index in [-0.39, 0.29) is 5.41 Å². The highest BCUT2D eigenvalue weighted by atomic mass is 19.4. The molecule has 158 valence electrons. The van der Waals surface area contributed by atoms with E-state index in [2.05, 4.69) is 50.0 Å². The molecule has 2 nitrogen and oxygen atoms in total. The number of allylic oxidation sites excluding steroid dienone is 1. The number of alkyl halides is 3. The molecule has 0 aliphatic carbocycles. The molecule has 4 rings (SSSR count). The number of aromatic nitrogens is 2. The minimum Gasteiger partial charge on any atom is -0.299 e. The van der Waals surface area contributed by atoms with Gasteiger partial charge >= 0.3 is 6.18 Å². The molecule has 0 bridgehead atoms. The summed E-state index contributed by atoms with van der Waals surface area (Å²) in [4.78, 5) is 4.55. The fraction of sp³-hybridized carbons (Fsp3) is 0.192. The molecule has 0 amide bonds. The molecule has 2 aromatic heterocycles. The van der Waals surface area contributed by atoms with Crippen LogP contribution in [-0.2, 0) is 6.18 Å². The van der Waals surface area contributed by atoms with Crippen molar-refractivity contribution in [1.82, 2.24) is 9.38 Å². The molecule has 0 fully saturated rings. The molecule has 0 radical (unpaired) electrons. The number of fused-ring (bicyclic) bond motifs is 1. The third kappa shape index (κ3) is 4.41. The SMILES string of the molecule is CC(C)(C)/C=C(\c1ccccc1)c1cccn2c(-c3ccc(C(F)(F)F)cc3)ncc12. The zero-order valence-electron chi connectivity index (χ0n) is 17.6. The summed E-state index contributed by atoms with van der Waals surface area (Å²) in [5.74, 6) is 0.605. The van der Waals surface area contributed by atoms with Gasteiger partial charge in [0.2, 0.25) is 0 Å². The van der Waals surface area contributed by atoms with Crippen LogP contribution < -0.4 is 0 Å². The van der Waals surface area contributed by atoms with Crippen molar-refractivity contribution in [2.45, 2.75) is 26.9 Å². The lowest BCUT2D eigenvalue weighted by Gasteiger charge is -2.18. The molecule has 0 saturated heterocycles. The number of pyridine rings is 1. The lowest BCUT2D eigenvalue weighted by molar-refractivity contribution is -0.137. The summed E-state index contributed by atoms with van der Waals surface area (Å²) in [7, 11) is 0. The van der Waals surface area contributed by atoms with E-state index in [1.54, 1.807) is 6.20 Å². The van der Waals surface area contributed by atoms with Gasteiger partial charge in [-0.2, -0.15) is 13.2 Å². The van der Waals surface area contributed by atoms with E-state index in [0.29, 0.717) is 11.4 Å². The van der Waals surface area contributed by atoms with Gasteiger partial charge in [0.25, 0.3) is 0 Å². The Morgan fingerprint density at radius 3 is 2.16 bits per heavy atom. The molecular formula is C26H23F3N2. The molecule has 0 unspecified atom stereocenters. The van der Waals surface area contributed by atoms with Crippen molar-refractivity contribution in [1.29, 1.82) is 0 Å². The molecule has 0 aliphatic rings. The molecule has 0 saturated carbocycles. The van der Waals surface area contributed by atoms with Gasteiger partial charge in [-0.3, -0.25) is 4.40 Å². The second-order valence-electron chi connectivity index (χ2n) is 8.62. The van der Waals surface area contributed by atoms with Gasteiger partial charge in [-0.25, -0.2) is 4.98 Å². The number of hydrogen-bond acceptors (Lipinski definition) is 1. The highest BCUT2D eigenvalue weighted by Gasteiger charge is 2.30. The van der Waals surface area contributed by atoms with E-state index in [1.807, 2.05) is 34.9 Å². The molecule has 0 aliphatic heterocycles. The van der Waals surface area contributed by atoms with Crippen LogP contribution in [0.3, 0.4) is 0 Å². The van der Waals surface area contributed by atoms with Crippen LogP contribution >= 0.6 is 0 Å². The van der Waals surface area contributed by atoms with E-state index >= 15 is 0 Å². The van der Waals surface area contributed by atoms with E-state index in [0.717, 1.165) is 34.3 Å². The van der Waals surface area contributed by atoms with Gasteiger partial charge in [0.05, 0.1) is 17.3 Å². The zero-order chi connectivity index (χ0) is 22.2. The van der Waals surface area contributed by atoms with Gasteiger partial charge in [0.1, 0.15) is 5.82 Å². The fourth-order valence-electron chi connectivity index (χ4n) is 3.64. The Bertz CT molecular complexity index is 1230. The fourth-order valence-corrected chi connectivity index (χ4v) is 3.64. The Morgan fingerprint density at radius 2 is 1.55 bits per heavy atom. The van der Waals surface area contributed by atoms with Crippen LogP contribution in [0.5, 0.6) is 0 Å². The maximum atomic E-state index is 12.9. The molecule has 0 atom stereocenters. The van der Waals surface area contributed by atoms with Crippen molar-refractivity contribution >= 4 is 11.1 Å². The molecular weight excluding hydrogens is 397 g/mol. The predicted octanol–water partition coefficient (Wildman–Crippen LogP) is 7.50. The third-order valence-electron chi connectivity index (χ3n) is 4.99. The third-order valence-corrected chi connectivity index (χ3v) is 4.99. The first-order chi connectivity index (χ1) is 14.6. The summed E-state index contributed by atoms with van der Waals surface area (Å²) in [6.45, 7) is 6.46. The topological polar surface area (TPSA) is 17.3 Å². The normalized spacial score (nSPS) is 13.0. The second kappa shape index (κ2) is 7.73. The number of rotatable bonds is 3. The Morgan fingerprint density at radius 1 is 0.871 bits per heavy atom. The van der Waals surface area contributed by atoms with Crippen LogP contribution in [0.25, 0.3) is 22.5 Å². The molecule has 0 spiro atoms. The van der Waals surface area contributed by atoms with Crippen molar-refractivity contribution in [3.63, 3.8) is 0 Å². The Balaban J connectivity index is 1.86. The number of hydrogen-bond donors (Lipinski definition) is 0. The van der Waals surface area contributed by atoms with E-state index < -0.39 is 11.7 Å². The first kappa shape index (κ1) is 20.9. The Hall–Kier alpha value is -3.34. The monoisotopic (exact) mass is 420 g/mol. The summed E-state index contributed by atoms with van der Waals surface area (Å²) < 4.78 is 40.7. The van der Waals surface area contributed by atoms with Gasteiger partial charge in [0, 0.05) is 17.3 Å². The zero-order valence-corrected chi connectivity index (χ0v) is 17.6. The summed E-state index contributed by atoms with van der Waals surface area (Å²) in [5.41, 5.74) is 4.03. The van der Waals surface area contributed by atoms with Crippen LogP contribution in [0.2, 0.25) is 0 Å². The Labute approximate surface area is 179 Å². The lowest BCUT2D eigenvalue weighted by Crippen LogP contribution is -2.04. The number of imidazole rings is 1. The van der Waals surface area contributed by atoms with Crippen LogP contribution in [0, 0.1) is 5.41 Å². The van der Waals surface area contributed by atoms with E-state index in [4.69, 9.17) is 0 Å². The van der Waals surface area contributed by atoms with Crippen molar-refractivity contribution < 1.29 is 13.2 Å². The smallest absolute Gasteiger partial charge is 0.299 e. The molecule has 31 heavy (non-hydrogen) atoms. The highest BCUT2D eigenvalue weighted by Crippen LogP contribution is 2.34. The average Bonchev–Trinajstić information content (AvgIpc) is 3.16. The van der Waals surface area contributed by atoms with E-state index in [9.17, 15) is 13.2 Å². The minimum atomic E-state index is -4.36. The predicted molar refractivity (Wildman–Crippen MR) is 119 cm³/mol. The van der Waals surface area contributed by atoms with Crippen LogP contribution in [-0.4, -0.2) is 9.38 Å². The van der Waals surface area contributed by atoms with Crippen LogP contribution in [0.4, 0.5) is 13.2 Å². The summed E-state index contributed by atoms with van der Waals surface area (Å²) >= 11 is 0. The molecule has 2 heterocycles. The molecule has 2 aromatic carbocycles. The standard InChI is InChI=1S/C26H23F3N2/c1-25(2,3)16-22(18-8-5-4-6-9-18)21-10-7-15-31-23(21)17-30-24(31)19-11-13-20(14-12-19)26(27,28)29/h4-17H,1-3H3/b22-16+. The quantitative estimate of drug-likeness (QED) is 0.335. The molecule has 5 heteroatoms. The van der Waals surface area contributed by atoms with Crippen molar-refractivity contribution in [2.24, 2.45) is 5.41 Å². The number of benzene rings is 2. The van der Waals surface area contributed by atoms with Crippen molar-refractivity contribution in [2.75, 3.05) is 0 Å². The molecule has 4 aromatic rings. The second-order valence-corrected chi connectivity index (χ2v) is 8.62. The van der Waals surface area contributed by atoms with Gasteiger partial charge in [0.15, 0.2) is 0 Å². The first-order valence-electron chi connectivity index (χ1n) is 10.1. The Kier molecular flexibility index (Phi) is 5.21. The number of nitrogens with zero attached hydrogens (tertiary/aromatic N) is 2. The van der Waals surface area contributed by atoms with Crippen LogP contribution in [0.15, 0.2) is 85.2 Å². The van der Waals surface area contributed by atoms with Gasteiger partial charge in [-0.15, -0.1) is 0 Å².